The molecular weight excluding hydrogens is 230 g/mol. The molecule has 0 saturated heterocycles. The van der Waals surface area contributed by atoms with Gasteiger partial charge in [-0.1, -0.05) is 0 Å². The van der Waals surface area contributed by atoms with Gasteiger partial charge in [0.15, 0.2) is 0 Å². The van der Waals surface area contributed by atoms with Gasteiger partial charge in [-0.2, -0.15) is 0 Å². The highest BCUT2D eigenvalue weighted by atomic mass is 16.5. The van der Waals surface area contributed by atoms with E-state index in [9.17, 15) is 4.79 Å². The Balaban J connectivity index is 2.13. The molecule has 0 aliphatic heterocycles. The Morgan fingerprint density at radius 1 is 1.39 bits per heavy atom. The van der Waals surface area contributed by atoms with E-state index in [-0.39, 0.29) is 12.0 Å². The maximum absolute atomic E-state index is 11.7. The van der Waals surface area contributed by atoms with E-state index in [1.54, 1.807) is 7.11 Å². The quantitative estimate of drug-likeness (QED) is 0.814. The van der Waals surface area contributed by atoms with Crippen molar-refractivity contribution in [1.29, 1.82) is 0 Å². The molecule has 1 aliphatic carbocycles. The van der Waals surface area contributed by atoms with Crippen LogP contribution in [0.2, 0.25) is 0 Å². The van der Waals surface area contributed by atoms with Crippen LogP contribution in [0.4, 0.5) is 5.69 Å². The number of carbonyl (C=O) groups excluding carboxylic acids is 1. The van der Waals surface area contributed by atoms with Gasteiger partial charge in [0.2, 0.25) is 0 Å². The van der Waals surface area contributed by atoms with Crippen LogP contribution in [0.1, 0.15) is 18.4 Å². The van der Waals surface area contributed by atoms with Crippen LogP contribution in [0.15, 0.2) is 18.2 Å². The second-order valence-electron chi connectivity index (χ2n) is 4.66. The lowest BCUT2D eigenvalue weighted by Crippen LogP contribution is -2.32. The highest BCUT2D eigenvalue weighted by Gasteiger charge is 2.37. The molecule has 1 aliphatic rings. The topological polar surface area (TPSA) is 47.6 Å². The van der Waals surface area contributed by atoms with Gasteiger partial charge in [-0.05, 0) is 49.4 Å². The fraction of sp³-hybridized carbons (Fsp3) is 0.500. The van der Waals surface area contributed by atoms with E-state index < -0.39 is 0 Å². The third kappa shape index (κ3) is 2.75. The summed E-state index contributed by atoms with van der Waals surface area (Å²) in [5.74, 6) is 1.03. The van der Waals surface area contributed by atoms with Gasteiger partial charge < -0.3 is 14.8 Å². The van der Waals surface area contributed by atoms with Crippen molar-refractivity contribution in [2.45, 2.75) is 25.8 Å². The molecule has 1 saturated carbocycles. The Morgan fingerprint density at radius 2 is 2.11 bits per heavy atom. The summed E-state index contributed by atoms with van der Waals surface area (Å²) < 4.78 is 10.0. The van der Waals surface area contributed by atoms with Crippen LogP contribution in [0, 0.1) is 12.8 Å². The lowest BCUT2D eigenvalue weighted by Gasteiger charge is -2.18. The summed E-state index contributed by atoms with van der Waals surface area (Å²) in [7, 11) is 3.07. The molecule has 18 heavy (non-hydrogen) atoms. The van der Waals surface area contributed by atoms with Crippen LogP contribution in [0.25, 0.3) is 0 Å². The van der Waals surface area contributed by atoms with Crippen molar-refractivity contribution in [3.05, 3.63) is 23.8 Å². The summed E-state index contributed by atoms with van der Waals surface area (Å²) in [6.07, 6.45) is 2.17. The number of carbonyl (C=O) groups is 1. The molecule has 0 spiro atoms. The van der Waals surface area contributed by atoms with Crippen LogP contribution in [-0.4, -0.2) is 26.2 Å². The van der Waals surface area contributed by atoms with Crippen LogP contribution in [0.3, 0.4) is 0 Å². The molecule has 4 heteroatoms. The molecule has 1 fully saturated rings. The molecule has 0 bridgehead atoms. The number of esters is 1. The van der Waals surface area contributed by atoms with Gasteiger partial charge in [-0.25, -0.2) is 4.79 Å². The summed E-state index contributed by atoms with van der Waals surface area (Å²) in [6.45, 7) is 1.99. The first-order valence-corrected chi connectivity index (χ1v) is 6.14. The summed E-state index contributed by atoms with van der Waals surface area (Å²) in [6, 6.07) is 5.54. The maximum atomic E-state index is 11.7. The van der Waals surface area contributed by atoms with E-state index in [4.69, 9.17) is 9.47 Å². The molecule has 1 atom stereocenters. The van der Waals surface area contributed by atoms with Crippen LogP contribution in [0.5, 0.6) is 5.75 Å². The van der Waals surface area contributed by atoms with Crippen molar-refractivity contribution in [3.63, 3.8) is 0 Å². The molecule has 1 aromatic carbocycles. The number of hydrogen-bond donors (Lipinski definition) is 1. The number of benzene rings is 1. The largest absolute Gasteiger partial charge is 0.497 e. The minimum Gasteiger partial charge on any atom is -0.497 e. The van der Waals surface area contributed by atoms with E-state index in [1.807, 2.05) is 25.1 Å². The first-order valence-electron chi connectivity index (χ1n) is 6.14. The van der Waals surface area contributed by atoms with Crippen molar-refractivity contribution >= 4 is 11.7 Å². The Bertz CT molecular complexity index is 441. The van der Waals surface area contributed by atoms with Crippen LogP contribution < -0.4 is 10.1 Å². The zero-order valence-electron chi connectivity index (χ0n) is 11.0. The van der Waals surface area contributed by atoms with E-state index in [2.05, 4.69) is 5.32 Å². The molecule has 1 aromatic rings. The van der Waals surface area contributed by atoms with Crippen LogP contribution in [-0.2, 0) is 9.53 Å². The van der Waals surface area contributed by atoms with Gasteiger partial charge in [0.05, 0.1) is 14.2 Å². The second kappa shape index (κ2) is 5.29. The lowest BCUT2D eigenvalue weighted by atomic mass is 10.1. The lowest BCUT2D eigenvalue weighted by molar-refractivity contribution is -0.142. The predicted molar refractivity (Wildman–Crippen MR) is 69.9 cm³/mol. The van der Waals surface area contributed by atoms with Crippen molar-refractivity contribution in [2.75, 3.05) is 19.5 Å². The molecule has 2 rings (SSSR count). The number of ether oxygens (including phenoxy) is 2. The number of hydrogen-bond acceptors (Lipinski definition) is 4. The average molecular weight is 249 g/mol. The molecular formula is C14H19NO3. The second-order valence-corrected chi connectivity index (χ2v) is 4.66. The molecule has 0 aromatic heterocycles. The Morgan fingerprint density at radius 3 is 2.61 bits per heavy atom. The zero-order chi connectivity index (χ0) is 13.1. The predicted octanol–water partition coefficient (Wildman–Crippen LogP) is 2.37. The third-order valence-corrected chi connectivity index (χ3v) is 3.29. The highest BCUT2D eigenvalue weighted by molar-refractivity contribution is 5.80. The van der Waals surface area contributed by atoms with Crippen molar-refractivity contribution < 1.29 is 14.3 Å². The smallest absolute Gasteiger partial charge is 0.328 e. The monoisotopic (exact) mass is 249 g/mol. The zero-order valence-corrected chi connectivity index (χ0v) is 11.0. The van der Waals surface area contributed by atoms with Crippen molar-refractivity contribution in [3.8, 4) is 5.75 Å². The van der Waals surface area contributed by atoms with Gasteiger partial charge in [0, 0.05) is 5.69 Å². The van der Waals surface area contributed by atoms with Gasteiger partial charge in [0.25, 0.3) is 0 Å². The fourth-order valence-corrected chi connectivity index (χ4v) is 2.02. The van der Waals surface area contributed by atoms with Crippen molar-refractivity contribution in [2.24, 2.45) is 5.92 Å². The maximum Gasteiger partial charge on any atom is 0.328 e. The Labute approximate surface area is 107 Å². The number of nitrogens with one attached hydrogen (secondary N) is 1. The Kier molecular flexibility index (Phi) is 3.75. The first-order chi connectivity index (χ1) is 8.65. The first kappa shape index (κ1) is 12.7. The minimum absolute atomic E-state index is 0.187. The summed E-state index contributed by atoms with van der Waals surface area (Å²) >= 11 is 0. The molecule has 0 amide bonds. The summed E-state index contributed by atoms with van der Waals surface area (Å²) in [4.78, 5) is 11.7. The highest BCUT2D eigenvalue weighted by Crippen LogP contribution is 2.35. The standard InChI is InChI=1S/C14H19NO3/c1-9-8-11(17-2)6-7-12(9)15-13(10-4-5-10)14(16)18-3/h6-8,10,13,15H,4-5H2,1-3H3. The molecule has 98 valence electrons. The molecule has 4 nitrogen and oxygen atoms in total. The van der Waals surface area contributed by atoms with E-state index >= 15 is 0 Å². The number of aryl methyl sites for hydroxylation is 1. The average Bonchev–Trinajstić information content (AvgIpc) is 3.20. The molecule has 1 unspecified atom stereocenters. The van der Waals surface area contributed by atoms with Gasteiger partial charge in [0.1, 0.15) is 11.8 Å². The van der Waals surface area contributed by atoms with Gasteiger partial charge >= 0.3 is 5.97 Å². The van der Waals surface area contributed by atoms with Gasteiger partial charge in [-0.15, -0.1) is 0 Å². The van der Waals surface area contributed by atoms with Gasteiger partial charge in [-0.3, -0.25) is 0 Å². The fourth-order valence-electron chi connectivity index (χ4n) is 2.02. The van der Waals surface area contributed by atoms with E-state index in [0.29, 0.717) is 5.92 Å². The van der Waals surface area contributed by atoms with E-state index in [1.165, 1.54) is 7.11 Å². The van der Waals surface area contributed by atoms with Crippen molar-refractivity contribution in [1.82, 2.24) is 0 Å². The number of rotatable bonds is 5. The molecule has 0 heterocycles. The molecule has 0 radical (unpaired) electrons. The molecule has 1 N–H and O–H groups in total. The summed E-state index contributed by atoms with van der Waals surface area (Å²) in [5, 5.41) is 3.28. The SMILES string of the molecule is COC(=O)C(Nc1ccc(OC)cc1C)C1CC1. The third-order valence-electron chi connectivity index (χ3n) is 3.29. The normalized spacial score (nSPS) is 15.9. The minimum atomic E-state index is -0.234. The van der Waals surface area contributed by atoms with Crippen LogP contribution >= 0.6 is 0 Å². The Hall–Kier alpha value is -1.71. The van der Waals surface area contributed by atoms with E-state index in [0.717, 1.165) is 29.8 Å². The summed E-state index contributed by atoms with van der Waals surface area (Å²) in [5.41, 5.74) is 2.02. The number of anilines is 1. The number of methoxy groups -OCH3 is 2.